The SMILES string of the molecule is CCCN(Cc1ccc(C)o1)CC(O)COCC(C)C. The molecule has 20 heavy (non-hydrogen) atoms. The molecule has 0 saturated carbocycles. The molecule has 4 nitrogen and oxygen atoms in total. The molecule has 0 fully saturated rings. The van der Waals surface area contributed by atoms with E-state index in [1.165, 1.54) is 0 Å². The van der Waals surface area contributed by atoms with Crippen LogP contribution in [0.3, 0.4) is 0 Å². The van der Waals surface area contributed by atoms with Crippen LogP contribution in [0.15, 0.2) is 16.5 Å². The molecule has 0 aliphatic heterocycles. The first-order chi connectivity index (χ1) is 9.51. The summed E-state index contributed by atoms with van der Waals surface area (Å²) in [6.45, 7) is 11.7. The number of nitrogens with zero attached hydrogens (tertiary/aromatic N) is 1. The molecule has 4 heteroatoms. The molecule has 1 unspecified atom stereocenters. The molecule has 1 N–H and O–H groups in total. The molecule has 116 valence electrons. The van der Waals surface area contributed by atoms with Gasteiger partial charge < -0.3 is 14.3 Å². The molecule has 1 rings (SSSR count). The fraction of sp³-hybridized carbons (Fsp3) is 0.750. The predicted octanol–water partition coefficient (Wildman–Crippen LogP) is 2.83. The van der Waals surface area contributed by atoms with Gasteiger partial charge in [-0.15, -0.1) is 0 Å². The van der Waals surface area contributed by atoms with Crippen molar-refractivity contribution in [3.8, 4) is 0 Å². The molecular formula is C16H29NO3. The van der Waals surface area contributed by atoms with Crippen LogP contribution in [0.2, 0.25) is 0 Å². The third-order valence-corrected chi connectivity index (χ3v) is 2.95. The van der Waals surface area contributed by atoms with E-state index in [-0.39, 0.29) is 0 Å². The third-order valence-electron chi connectivity index (χ3n) is 2.95. The highest BCUT2D eigenvalue weighted by molar-refractivity contribution is 5.05. The van der Waals surface area contributed by atoms with Crippen molar-refractivity contribution in [1.29, 1.82) is 0 Å². The number of hydrogen-bond donors (Lipinski definition) is 1. The topological polar surface area (TPSA) is 45.8 Å². The highest BCUT2D eigenvalue weighted by Gasteiger charge is 2.13. The largest absolute Gasteiger partial charge is 0.465 e. The standard InChI is InChI=1S/C16H29NO3/c1-5-8-17(10-16-7-6-14(4)20-16)9-15(18)12-19-11-13(2)3/h6-7,13,15,18H,5,8-12H2,1-4H3. The Bertz CT molecular complexity index is 362. The van der Waals surface area contributed by atoms with Gasteiger partial charge in [0.1, 0.15) is 11.5 Å². The van der Waals surface area contributed by atoms with Gasteiger partial charge in [0, 0.05) is 13.2 Å². The van der Waals surface area contributed by atoms with E-state index in [1.54, 1.807) is 0 Å². The lowest BCUT2D eigenvalue weighted by molar-refractivity contribution is 0.00601. The predicted molar refractivity (Wildman–Crippen MR) is 80.7 cm³/mol. The van der Waals surface area contributed by atoms with Crippen molar-refractivity contribution < 1.29 is 14.3 Å². The summed E-state index contributed by atoms with van der Waals surface area (Å²) in [7, 11) is 0. The minimum Gasteiger partial charge on any atom is -0.465 e. The summed E-state index contributed by atoms with van der Waals surface area (Å²) in [5.74, 6) is 2.38. The summed E-state index contributed by atoms with van der Waals surface area (Å²) in [6, 6.07) is 3.97. The van der Waals surface area contributed by atoms with Crippen LogP contribution in [0.5, 0.6) is 0 Å². The Morgan fingerprint density at radius 1 is 1.30 bits per heavy atom. The van der Waals surface area contributed by atoms with Crippen molar-refractivity contribution in [3.05, 3.63) is 23.7 Å². The van der Waals surface area contributed by atoms with E-state index in [9.17, 15) is 5.11 Å². The number of hydrogen-bond acceptors (Lipinski definition) is 4. The second kappa shape index (κ2) is 9.16. The van der Waals surface area contributed by atoms with Gasteiger partial charge in [0.2, 0.25) is 0 Å². The number of ether oxygens (including phenoxy) is 1. The van der Waals surface area contributed by atoms with Crippen LogP contribution >= 0.6 is 0 Å². The molecule has 0 spiro atoms. The van der Waals surface area contributed by atoms with Gasteiger partial charge in [-0.25, -0.2) is 0 Å². The molecule has 0 bridgehead atoms. The van der Waals surface area contributed by atoms with Crippen molar-refractivity contribution in [2.75, 3.05) is 26.3 Å². The first kappa shape index (κ1) is 17.2. The third kappa shape index (κ3) is 7.08. The van der Waals surface area contributed by atoms with Gasteiger partial charge in [-0.3, -0.25) is 4.90 Å². The summed E-state index contributed by atoms with van der Waals surface area (Å²) in [5.41, 5.74) is 0. The first-order valence-electron chi connectivity index (χ1n) is 7.54. The zero-order valence-electron chi connectivity index (χ0n) is 13.3. The van der Waals surface area contributed by atoms with Gasteiger partial charge in [0.15, 0.2) is 0 Å². The lowest BCUT2D eigenvalue weighted by Crippen LogP contribution is -2.35. The van der Waals surface area contributed by atoms with E-state index in [2.05, 4.69) is 25.7 Å². The van der Waals surface area contributed by atoms with Crippen LogP contribution in [-0.2, 0) is 11.3 Å². The van der Waals surface area contributed by atoms with E-state index in [1.807, 2.05) is 19.1 Å². The Labute approximate surface area is 122 Å². The minimum atomic E-state index is -0.448. The van der Waals surface area contributed by atoms with Gasteiger partial charge >= 0.3 is 0 Å². The Morgan fingerprint density at radius 3 is 2.60 bits per heavy atom. The minimum absolute atomic E-state index is 0.398. The first-order valence-corrected chi connectivity index (χ1v) is 7.54. The van der Waals surface area contributed by atoms with E-state index >= 15 is 0 Å². The maximum Gasteiger partial charge on any atom is 0.118 e. The fourth-order valence-electron chi connectivity index (χ4n) is 2.13. The number of aryl methyl sites for hydroxylation is 1. The van der Waals surface area contributed by atoms with Crippen LogP contribution in [-0.4, -0.2) is 42.4 Å². The summed E-state index contributed by atoms with van der Waals surface area (Å²) in [5, 5.41) is 10.0. The van der Waals surface area contributed by atoms with Gasteiger partial charge in [0.25, 0.3) is 0 Å². The van der Waals surface area contributed by atoms with Gasteiger partial charge in [-0.2, -0.15) is 0 Å². The molecule has 0 radical (unpaired) electrons. The van der Waals surface area contributed by atoms with Crippen LogP contribution in [0.25, 0.3) is 0 Å². The number of furan rings is 1. The van der Waals surface area contributed by atoms with Crippen LogP contribution < -0.4 is 0 Å². The fourth-order valence-corrected chi connectivity index (χ4v) is 2.13. The maximum absolute atomic E-state index is 10.0. The molecule has 0 aliphatic carbocycles. The number of aliphatic hydroxyl groups excluding tert-OH is 1. The van der Waals surface area contributed by atoms with Crippen molar-refractivity contribution in [2.24, 2.45) is 5.92 Å². The molecule has 0 saturated heterocycles. The van der Waals surface area contributed by atoms with E-state index in [4.69, 9.17) is 9.15 Å². The van der Waals surface area contributed by atoms with Crippen molar-refractivity contribution in [2.45, 2.75) is 46.8 Å². The molecule has 0 amide bonds. The summed E-state index contributed by atoms with van der Waals surface area (Å²) in [6.07, 6.45) is 0.607. The normalized spacial score (nSPS) is 13.3. The van der Waals surface area contributed by atoms with Gasteiger partial charge in [-0.1, -0.05) is 20.8 Å². The van der Waals surface area contributed by atoms with Crippen LogP contribution in [0.1, 0.15) is 38.7 Å². The smallest absolute Gasteiger partial charge is 0.118 e. The van der Waals surface area contributed by atoms with Crippen molar-refractivity contribution in [1.82, 2.24) is 4.90 Å². The van der Waals surface area contributed by atoms with E-state index in [0.29, 0.717) is 25.7 Å². The molecule has 1 aromatic rings. The average Bonchev–Trinajstić information content (AvgIpc) is 2.74. The second-order valence-electron chi connectivity index (χ2n) is 5.83. The summed E-state index contributed by atoms with van der Waals surface area (Å²) >= 11 is 0. The Morgan fingerprint density at radius 2 is 2.05 bits per heavy atom. The lowest BCUT2D eigenvalue weighted by atomic mass is 10.2. The van der Waals surface area contributed by atoms with Crippen molar-refractivity contribution >= 4 is 0 Å². The average molecular weight is 283 g/mol. The van der Waals surface area contributed by atoms with Crippen LogP contribution in [0.4, 0.5) is 0 Å². The second-order valence-corrected chi connectivity index (χ2v) is 5.83. The monoisotopic (exact) mass is 283 g/mol. The van der Waals surface area contributed by atoms with E-state index < -0.39 is 6.10 Å². The summed E-state index contributed by atoms with van der Waals surface area (Å²) < 4.78 is 11.1. The van der Waals surface area contributed by atoms with Gasteiger partial charge in [-0.05, 0) is 37.9 Å². The summed E-state index contributed by atoms with van der Waals surface area (Å²) in [4.78, 5) is 2.21. The molecule has 1 heterocycles. The number of aliphatic hydroxyl groups is 1. The molecule has 1 atom stereocenters. The Hall–Kier alpha value is -0.840. The van der Waals surface area contributed by atoms with Gasteiger partial charge in [0.05, 0.1) is 19.3 Å². The molecule has 0 aromatic carbocycles. The highest BCUT2D eigenvalue weighted by Crippen LogP contribution is 2.10. The lowest BCUT2D eigenvalue weighted by Gasteiger charge is -2.23. The number of rotatable bonds is 10. The highest BCUT2D eigenvalue weighted by atomic mass is 16.5. The Kier molecular flexibility index (Phi) is 7.88. The molecule has 1 aromatic heterocycles. The molecule has 0 aliphatic rings. The maximum atomic E-state index is 10.0. The molecular weight excluding hydrogens is 254 g/mol. The zero-order chi connectivity index (χ0) is 15.0. The van der Waals surface area contributed by atoms with E-state index in [0.717, 1.165) is 31.0 Å². The Balaban J connectivity index is 2.37. The quantitative estimate of drug-likeness (QED) is 0.717. The van der Waals surface area contributed by atoms with Crippen LogP contribution in [0, 0.1) is 12.8 Å². The zero-order valence-corrected chi connectivity index (χ0v) is 13.3. The van der Waals surface area contributed by atoms with Crippen molar-refractivity contribution in [3.63, 3.8) is 0 Å².